The maximum absolute atomic E-state index is 11.3. The van der Waals surface area contributed by atoms with E-state index in [1.807, 2.05) is 0 Å². The summed E-state index contributed by atoms with van der Waals surface area (Å²) in [7, 11) is 1.16. The van der Waals surface area contributed by atoms with E-state index in [9.17, 15) is 25.0 Å². The normalized spacial score (nSPS) is 10.2. The van der Waals surface area contributed by atoms with Gasteiger partial charge in [-0.3, -0.25) is 20.2 Å². The Morgan fingerprint density at radius 2 is 1.52 bits per heavy atom. The Balaban J connectivity index is 2.60. The summed E-state index contributed by atoms with van der Waals surface area (Å²) in [5.41, 5.74) is 3.50. The minimum Gasteiger partial charge on any atom is -0.452 e. The summed E-state index contributed by atoms with van der Waals surface area (Å²) >= 11 is 1.74. The molecule has 0 aliphatic rings. The van der Waals surface area contributed by atoms with E-state index >= 15 is 0 Å². The van der Waals surface area contributed by atoms with Gasteiger partial charge in [-0.1, -0.05) is 22.7 Å². The number of hydrogen-bond acceptors (Lipinski definition) is 9. The van der Waals surface area contributed by atoms with Crippen molar-refractivity contribution in [2.75, 3.05) is 7.11 Å². The molecule has 0 saturated carbocycles. The van der Waals surface area contributed by atoms with Crippen LogP contribution in [0.3, 0.4) is 0 Å². The van der Waals surface area contributed by atoms with Crippen LogP contribution in [0.4, 0.5) is 14.8 Å². The Kier molecular flexibility index (Phi) is 5.44. The molecule has 0 unspecified atom stereocenters. The van der Waals surface area contributed by atoms with Crippen LogP contribution in [0.2, 0.25) is 0 Å². The van der Waals surface area contributed by atoms with E-state index in [1.165, 1.54) is 12.1 Å². The summed E-state index contributed by atoms with van der Waals surface area (Å²) < 4.78 is 4.45. The van der Waals surface area contributed by atoms with Gasteiger partial charge in [0.05, 0.1) is 26.7 Å². The highest BCUT2D eigenvalue weighted by Crippen LogP contribution is 2.35. The lowest BCUT2D eigenvalue weighted by molar-refractivity contribution is -0.380. The second kappa shape index (κ2) is 7.36. The topological polar surface area (TPSA) is 137 Å². The largest absolute Gasteiger partial charge is 0.452 e. The van der Waals surface area contributed by atoms with Gasteiger partial charge in [-0.05, 0) is 25.0 Å². The molecule has 0 radical (unpaired) electrons. The molecule has 25 heavy (non-hydrogen) atoms. The van der Waals surface area contributed by atoms with Crippen molar-refractivity contribution in [1.82, 2.24) is 5.43 Å². The second-order valence-electron chi connectivity index (χ2n) is 4.77. The summed E-state index contributed by atoms with van der Waals surface area (Å²) in [5, 5.41) is 25.8. The molecule has 1 amide bonds. The lowest BCUT2D eigenvalue weighted by Crippen LogP contribution is -2.20. The lowest BCUT2D eigenvalue weighted by Gasteiger charge is -2.05. The number of hydrazone groups is 1. The molecule has 2 aromatic rings. The maximum Gasteiger partial charge on any atom is 0.427 e. The molecule has 0 aliphatic carbocycles. The Morgan fingerprint density at radius 1 is 1.08 bits per heavy atom. The third-order valence-electron chi connectivity index (χ3n) is 3.04. The van der Waals surface area contributed by atoms with Crippen LogP contribution >= 0.6 is 22.7 Å². The fourth-order valence-corrected chi connectivity index (χ4v) is 3.96. The van der Waals surface area contributed by atoms with E-state index in [4.69, 9.17) is 0 Å². The number of aryl methyl sites for hydroxylation is 2. The van der Waals surface area contributed by atoms with Crippen molar-refractivity contribution in [2.45, 2.75) is 13.8 Å². The molecule has 0 bridgehead atoms. The predicted octanol–water partition coefficient (Wildman–Crippen LogP) is 3.35. The van der Waals surface area contributed by atoms with E-state index in [0.717, 1.165) is 29.8 Å². The average Bonchev–Trinajstić information content (AvgIpc) is 3.12. The van der Waals surface area contributed by atoms with Gasteiger partial charge in [-0.15, -0.1) is 0 Å². The first-order valence-electron chi connectivity index (χ1n) is 6.66. The summed E-state index contributed by atoms with van der Waals surface area (Å²) in [4.78, 5) is 33.1. The van der Waals surface area contributed by atoms with Gasteiger partial charge >= 0.3 is 16.1 Å². The number of ether oxygens (including phenoxy) is 1. The Morgan fingerprint density at radius 3 is 1.84 bits per heavy atom. The molecule has 2 aromatic heterocycles. The molecule has 0 spiro atoms. The number of rotatable bonds is 5. The first-order chi connectivity index (χ1) is 11.7. The molecule has 0 saturated heterocycles. The fourth-order valence-electron chi connectivity index (χ4n) is 1.93. The van der Waals surface area contributed by atoms with Crippen molar-refractivity contribution in [1.29, 1.82) is 0 Å². The van der Waals surface area contributed by atoms with E-state index in [1.54, 1.807) is 13.8 Å². The number of carbonyl (C=O) groups is 1. The average molecular weight is 384 g/mol. The van der Waals surface area contributed by atoms with Crippen molar-refractivity contribution in [2.24, 2.45) is 5.10 Å². The van der Waals surface area contributed by atoms with Gasteiger partial charge in [-0.25, -0.2) is 10.2 Å². The third-order valence-corrected chi connectivity index (χ3v) is 5.43. The molecule has 10 nitrogen and oxygen atoms in total. The summed E-state index contributed by atoms with van der Waals surface area (Å²) in [5.74, 6) is 0. The van der Waals surface area contributed by atoms with Crippen molar-refractivity contribution in [3.8, 4) is 0 Å². The fraction of sp³-hybridized carbons (Fsp3) is 0.231. The number of nitrogens with one attached hydrogen (secondary N) is 1. The molecular weight excluding hydrogens is 372 g/mol. The van der Waals surface area contributed by atoms with Gasteiger partial charge in [-0.2, -0.15) is 5.10 Å². The van der Waals surface area contributed by atoms with Crippen LogP contribution in [0.5, 0.6) is 0 Å². The number of methoxy groups -OCH3 is 1. The minimum absolute atomic E-state index is 0.0954. The predicted molar refractivity (Wildman–Crippen MR) is 92.6 cm³/mol. The van der Waals surface area contributed by atoms with Crippen LogP contribution in [-0.4, -0.2) is 28.8 Å². The molecule has 2 rings (SSSR count). The van der Waals surface area contributed by atoms with Crippen LogP contribution < -0.4 is 5.43 Å². The second-order valence-corrected chi connectivity index (χ2v) is 6.83. The van der Waals surface area contributed by atoms with Crippen LogP contribution in [0.25, 0.3) is 0 Å². The number of hydrogen-bond donors (Lipinski definition) is 1. The van der Waals surface area contributed by atoms with E-state index in [0.29, 0.717) is 20.9 Å². The maximum atomic E-state index is 11.3. The summed E-state index contributed by atoms with van der Waals surface area (Å²) in [6.07, 6.45) is -0.829. The smallest absolute Gasteiger partial charge is 0.427 e. The highest BCUT2D eigenvalue weighted by atomic mass is 32.1. The minimum atomic E-state index is -0.829. The van der Waals surface area contributed by atoms with Crippen LogP contribution in [0, 0.1) is 34.1 Å². The summed E-state index contributed by atoms with van der Waals surface area (Å²) in [6.45, 7) is 3.31. The quantitative estimate of drug-likeness (QED) is 0.477. The molecule has 0 atom stereocenters. The molecule has 0 aliphatic heterocycles. The monoisotopic (exact) mass is 384 g/mol. The lowest BCUT2D eigenvalue weighted by atomic mass is 10.1. The number of nitrogens with zero attached hydrogens (tertiary/aromatic N) is 3. The molecule has 0 fully saturated rings. The Labute approximate surface area is 149 Å². The molecule has 12 heteroatoms. The van der Waals surface area contributed by atoms with Gasteiger partial charge in [0.25, 0.3) is 0 Å². The van der Waals surface area contributed by atoms with Crippen molar-refractivity contribution >= 4 is 44.5 Å². The molecular formula is C13H12N4O6S2. The zero-order valence-corrected chi connectivity index (χ0v) is 14.9. The van der Waals surface area contributed by atoms with E-state index in [2.05, 4.69) is 15.3 Å². The van der Waals surface area contributed by atoms with E-state index in [-0.39, 0.29) is 15.7 Å². The first-order valence-corrected chi connectivity index (χ1v) is 8.30. The zero-order chi connectivity index (χ0) is 18.7. The number of carbonyl (C=O) groups excluding carboxylic acids is 1. The number of amides is 1. The van der Waals surface area contributed by atoms with Gasteiger partial charge in [0, 0.05) is 12.1 Å². The standard InChI is InChI=1S/C13H12N4O6S2/c1-6-4-8(16(19)20)24-11(6)10(14-15-13(18)23-3)12-7(2)5-9(25-12)17(21)22/h4-5H,1-3H3,(H,15,18). The number of thiophene rings is 2. The SMILES string of the molecule is COC(=O)NN=C(c1sc([N+](=O)[O-])cc1C)c1sc([N+](=O)[O-])cc1C. The van der Waals surface area contributed by atoms with Gasteiger partial charge in [0.2, 0.25) is 0 Å². The van der Waals surface area contributed by atoms with Crippen LogP contribution in [-0.2, 0) is 4.74 Å². The molecule has 1 N–H and O–H groups in total. The zero-order valence-electron chi connectivity index (χ0n) is 13.3. The Bertz CT molecular complexity index is 825. The molecule has 132 valence electrons. The van der Waals surface area contributed by atoms with Crippen molar-refractivity contribution in [3.63, 3.8) is 0 Å². The van der Waals surface area contributed by atoms with E-state index < -0.39 is 15.9 Å². The number of nitro groups is 2. The van der Waals surface area contributed by atoms with Gasteiger partial charge in [0.15, 0.2) is 0 Å². The van der Waals surface area contributed by atoms with Crippen LogP contribution in [0.1, 0.15) is 20.9 Å². The van der Waals surface area contributed by atoms with Gasteiger partial charge < -0.3 is 4.74 Å². The summed E-state index contributed by atoms with van der Waals surface area (Å²) in [6, 6.07) is 2.76. The van der Waals surface area contributed by atoms with Crippen LogP contribution in [0.15, 0.2) is 17.2 Å². The van der Waals surface area contributed by atoms with Gasteiger partial charge in [0.1, 0.15) is 5.71 Å². The van der Waals surface area contributed by atoms with Crippen molar-refractivity contribution < 1.29 is 19.4 Å². The third kappa shape index (κ3) is 3.97. The van der Waals surface area contributed by atoms with Crippen molar-refractivity contribution in [3.05, 3.63) is 53.2 Å². The highest BCUT2D eigenvalue weighted by molar-refractivity contribution is 7.21. The Hall–Kier alpha value is -2.86. The first kappa shape index (κ1) is 18.5. The molecule has 0 aromatic carbocycles. The molecule has 2 heterocycles. The highest BCUT2D eigenvalue weighted by Gasteiger charge is 2.25.